The Morgan fingerprint density at radius 3 is 2.29 bits per heavy atom. The molecule has 2 N–H and O–H groups in total. The normalized spacial score (nSPS) is 17.2. The zero-order valence-electron chi connectivity index (χ0n) is 13.4. The monoisotopic (exact) mass is 321 g/mol. The Hall–Kier alpha value is -2.85. The molecule has 1 aliphatic rings. The van der Waals surface area contributed by atoms with E-state index in [1.54, 1.807) is 6.08 Å². The van der Waals surface area contributed by atoms with Gasteiger partial charge in [0.15, 0.2) is 6.04 Å². The Labute approximate surface area is 140 Å². The standard InChI is InChI=1S/C20H19NO3/c1-2-14-8-10-15(11-9-14)17-12-13-18(20(22)23)21(24)19(17)16-6-4-3-5-7-16/h3-13,18,24H,2H2,1H3,(H,22,23). The SMILES string of the molecule is CCc1ccc(C2=C(c3ccccc3)N(O)C(C(=O)O)C=C2)cc1. The number of nitrogens with zero attached hydrogens (tertiary/aromatic N) is 1. The molecule has 2 aromatic rings. The summed E-state index contributed by atoms with van der Waals surface area (Å²) in [5, 5.41) is 20.7. The van der Waals surface area contributed by atoms with E-state index in [4.69, 9.17) is 0 Å². The highest BCUT2D eigenvalue weighted by Gasteiger charge is 2.30. The molecule has 0 radical (unpaired) electrons. The largest absolute Gasteiger partial charge is 0.479 e. The summed E-state index contributed by atoms with van der Waals surface area (Å²) in [7, 11) is 0. The van der Waals surface area contributed by atoms with Gasteiger partial charge in [-0.1, -0.05) is 67.6 Å². The van der Waals surface area contributed by atoms with E-state index in [2.05, 4.69) is 6.92 Å². The van der Waals surface area contributed by atoms with Crippen LogP contribution < -0.4 is 0 Å². The molecule has 24 heavy (non-hydrogen) atoms. The molecule has 1 unspecified atom stereocenters. The van der Waals surface area contributed by atoms with E-state index < -0.39 is 12.0 Å². The number of hydrogen-bond acceptors (Lipinski definition) is 3. The molecule has 0 fully saturated rings. The molecular weight excluding hydrogens is 302 g/mol. The molecule has 1 atom stereocenters. The molecule has 0 spiro atoms. The van der Waals surface area contributed by atoms with Crippen molar-refractivity contribution in [1.82, 2.24) is 5.06 Å². The first-order valence-corrected chi connectivity index (χ1v) is 7.90. The van der Waals surface area contributed by atoms with Crippen molar-refractivity contribution in [3.05, 3.63) is 83.4 Å². The maximum absolute atomic E-state index is 11.4. The van der Waals surface area contributed by atoms with E-state index in [-0.39, 0.29) is 0 Å². The molecule has 3 rings (SSSR count). The fourth-order valence-corrected chi connectivity index (χ4v) is 2.83. The summed E-state index contributed by atoms with van der Waals surface area (Å²) >= 11 is 0. The Bertz CT molecular complexity index is 791. The molecule has 0 aliphatic carbocycles. The Balaban J connectivity index is 2.15. The van der Waals surface area contributed by atoms with Crippen molar-refractivity contribution in [2.75, 3.05) is 0 Å². The van der Waals surface area contributed by atoms with Crippen molar-refractivity contribution in [2.45, 2.75) is 19.4 Å². The summed E-state index contributed by atoms with van der Waals surface area (Å²) < 4.78 is 0. The summed E-state index contributed by atoms with van der Waals surface area (Å²) in [5.41, 5.74) is 4.22. The number of carbonyl (C=O) groups is 1. The van der Waals surface area contributed by atoms with Gasteiger partial charge in [-0.05, 0) is 23.6 Å². The van der Waals surface area contributed by atoms with Crippen LogP contribution in [0.4, 0.5) is 0 Å². The summed E-state index contributed by atoms with van der Waals surface area (Å²) in [6.45, 7) is 2.09. The Morgan fingerprint density at radius 1 is 1.04 bits per heavy atom. The summed E-state index contributed by atoms with van der Waals surface area (Å²) in [6.07, 6.45) is 4.22. The molecule has 0 aromatic heterocycles. The Kier molecular flexibility index (Phi) is 4.49. The molecule has 2 aromatic carbocycles. The van der Waals surface area contributed by atoms with Gasteiger partial charge in [0.25, 0.3) is 0 Å². The molecule has 122 valence electrons. The van der Waals surface area contributed by atoms with Crippen LogP contribution in [-0.2, 0) is 11.2 Å². The van der Waals surface area contributed by atoms with E-state index in [0.717, 1.165) is 28.2 Å². The van der Waals surface area contributed by atoms with Gasteiger partial charge in [0, 0.05) is 11.1 Å². The quantitative estimate of drug-likeness (QED) is 0.898. The predicted molar refractivity (Wildman–Crippen MR) is 93.3 cm³/mol. The third-order valence-corrected chi connectivity index (χ3v) is 4.17. The van der Waals surface area contributed by atoms with Crippen molar-refractivity contribution >= 4 is 17.2 Å². The van der Waals surface area contributed by atoms with Crippen LogP contribution in [0.25, 0.3) is 11.3 Å². The van der Waals surface area contributed by atoms with Gasteiger partial charge in [0.1, 0.15) is 0 Å². The van der Waals surface area contributed by atoms with Crippen LogP contribution >= 0.6 is 0 Å². The van der Waals surface area contributed by atoms with Crippen molar-refractivity contribution < 1.29 is 15.1 Å². The highest BCUT2D eigenvalue weighted by molar-refractivity contribution is 5.98. The second-order valence-electron chi connectivity index (χ2n) is 5.67. The number of benzene rings is 2. The van der Waals surface area contributed by atoms with Gasteiger partial charge in [-0.2, -0.15) is 0 Å². The third-order valence-electron chi connectivity index (χ3n) is 4.17. The maximum atomic E-state index is 11.4. The summed E-state index contributed by atoms with van der Waals surface area (Å²) in [6, 6.07) is 16.3. The van der Waals surface area contributed by atoms with Crippen molar-refractivity contribution in [2.24, 2.45) is 0 Å². The number of carboxylic acid groups (broad SMARTS) is 1. The zero-order chi connectivity index (χ0) is 17.1. The van der Waals surface area contributed by atoms with Gasteiger partial charge in [0.05, 0.1) is 5.70 Å². The average molecular weight is 321 g/mol. The van der Waals surface area contributed by atoms with Gasteiger partial charge < -0.3 is 5.11 Å². The summed E-state index contributed by atoms with van der Waals surface area (Å²) in [4.78, 5) is 11.4. The van der Waals surface area contributed by atoms with Gasteiger partial charge in [0.2, 0.25) is 0 Å². The van der Waals surface area contributed by atoms with Gasteiger partial charge in [-0.15, -0.1) is 0 Å². The highest BCUT2D eigenvalue weighted by Crippen LogP contribution is 2.34. The Morgan fingerprint density at radius 2 is 1.71 bits per heavy atom. The van der Waals surface area contributed by atoms with E-state index in [0.29, 0.717) is 5.70 Å². The minimum absolute atomic E-state index is 0.495. The van der Waals surface area contributed by atoms with E-state index in [9.17, 15) is 15.1 Å². The molecule has 4 nitrogen and oxygen atoms in total. The van der Waals surface area contributed by atoms with Crippen LogP contribution in [0.1, 0.15) is 23.6 Å². The van der Waals surface area contributed by atoms with Crippen molar-refractivity contribution in [1.29, 1.82) is 0 Å². The lowest BCUT2D eigenvalue weighted by Crippen LogP contribution is -2.38. The number of rotatable bonds is 4. The maximum Gasteiger partial charge on any atom is 0.332 e. The van der Waals surface area contributed by atoms with Crippen LogP contribution in [-0.4, -0.2) is 27.4 Å². The minimum atomic E-state index is -1.10. The predicted octanol–water partition coefficient (Wildman–Crippen LogP) is 3.83. The van der Waals surface area contributed by atoms with Gasteiger partial charge >= 0.3 is 5.97 Å². The number of hydroxylamine groups is 2. The number of aryl methyl sites for hydroxylation is 1. The molecule has 0 saturated heterocycles. The number of aliphatic carboxylic acids is 1. The smallest absolute Gasteiger partial charge is 0.332 e. The van der Waals surface area contributed by atoms with E-state index in [1.165, 1.54) is 11.6 Å². The first-order valence-electron chi connectivity index (χ1n) is 7.90. The molecule has 0 amide bonds. The average Bonchev–Trinajstić information content (AvgIpc) is 2.62. The van der Waals surface area contributed by atoms with Gasteiger partial charge in [-0.25, -0.2) is 9.86 Å². The van der Waals surface area contributed by atoms with E-state index >= 15 is 0 Å². The number of hydrogen-bond donors (Lipinski definition) is 2. The fourth-order valence-electron chi connectivity index (χ4n) is 2.83. The van der Waals surface area contributed by atoms with Crippen LogP contribution in [0.2, 0.25) is 0 Å². The summed E-state index contributed by atoms with van der Waals surface area (Å²) in [5.74, 6) is -1.09. The zero-order valence-corrected chi connectivity index (χ0v) is 13.4. The number of carboxylic acids is 1. The molecule has 1 aliphatic heterocycles. The van der Waals surface area contributed by atoms with Crippen LogP contribution in [0.5, 0.6) is 0 Å². The van der Waals surface area contributed by atoms with E-state index in [1.807, 2.05) is 54.6 Å². The van der Waals surface area contributed by atoms with Crippen LogP contribution in [0, 0.1) is 0 Å². The first-order chi connectivity index (χ1) is 11.6. The molecule has 1 heterocycles. The van der Waals surface area contributed by atoms with Crippen molar-refractivity contribution in [3.8, 4) is 0 Å². The first kappa shape index (κ1) is 16.0. The van der Waals surface area contributed by atoms with Crippen molar-refractivity contribution in [3.63, 3.8) is 0 Å². The lowest BCUT2D eigenvalue weighted by Gasteiger charge is -2.30. The minimum Gasteiger partial charge on any atom is -0.479 e. The second-order valence-corrected chi connectivity index (χ2v) is 5.67. The fraction of sp³-hybridized carbons (Fsp3) is 0.150. The lowest BCUT2D eigenvalue weighted by atomic mass is 9.94. The highest BCUT2D eigenvalue weighted by atomic mass is 16.5. The third kappa shape index (κ3) is 2.96. The molecular formula is C20H19NO3. The van der Waals surface area contributed by atoms with Crippen LogP contribution in [0.3, 0.4) is 0 Å². The molecule has 4 heteroatoms. The lowest BCUT2D eigenvalue weighted by molar-refractivity contribution is -0.151. The van der Waals surface area contributed by atoms with Gasteiger partial charge in [-0.3, -0.25) is 5.21 Å². The number of allylic oxidation sites excluding steroid dienone is 2. The van der Waals surface area contributed by atoms with Crippen LogP contribution in [0.15, 0.2) is 66.7 Å². The molecule has 0 bridgehead atoms. The molecule has 0 saturated carbocycles. The second kappa shape index (κ2) is 6.72. The topological polar surface area (TPSA) is 60.8 Å².